The average molecular weight is 353 g/mol. The van der Waals surface area contributed by atoms with E-state index in [4.69, 9.17) is 4.74 Å². The van der Waals surface area contributed by atoms with Crippen LogP contribution >= 0.6 is 15.9 Å². The molecule has 1 aromatic carbocycles. The lowest BCUT2D eigenvalue weighted by Crippen LogP contribution is -2.26. The Balaban J connectivity index is 1.98. The van der Waals surface area contributed by atoms with Crippen molar-refractivity contribution < 1.29 is 19.1 Å². The molecule has 1 aromatic heterocycles. The van der Waals surface area contributed by atoms with Gasteiger partial charge in [-0.15, -0.1) is 0 Å². The van der Waals surface area contributed by atoms with Gasteiger partial charge in [-0.05, 0) is 27.6 Å². The number of nitrogens with zero attached hydrogens (tertiary/aromatic N) is 1. The van der Waals surface area contributed by atoms with Gasteiger partial charge < -0.3 is 9.47 Å². The molecule has 2 rings (SSSR count). The van der Waals surface area contributed by atoms with Gasteiger partial charge in [0.1, 0.15) is 12.3 Å². The molecule has 6 nitrogen and oxygen atoms in total. The lowest BCUT2D eigenvalue weighted by atomic mass is 10.2. The SMILES string of the molecule is COC(=O)c1cc(Br)cn1NC(=O)OCc1ccccc1. The fraction of sp³-hybridized carbons (Fsp3) is 0.143. The first-order valence-corrected chi connectivity index (χ1v) is 6.83. The van der Waals surface area contributed by atoms with Gasteiger partial charge in [-0.1, -0.05) is 30.3 Å². The number of carbonyl (C=O) groups excluding carboxylic acids is 2. The quantitative estimate of drug-likeness (QED) is 0.859. The molecule has 0 aliphatic heterocycles. The predicted molar refractivity (Wildman–Crippen MR) is 79.5 cm³/mol. The Morgan fingerprint density at radius 1 is 1.29 bits per heavy atom. The summed E-state index contributed by atoms with van der Waals surface area (Å²) in [6.07, 6.45) is 0.850. The maximum atomic E-state index is 11.7. The van der Waals surface area contributed by atoms with Gasteiger partial charge in [0, 0.05) is 10.7 Å². The van der Waals surface area contributed by atoms with Crippen molar-refractivity contribution in [2.45, 2.75) is 6.61 Å². The van der Waals surface area contributed by atoms with Gasteiger partial charge >= 0.3 is 12.1 Å². The van der Waals surface area contributed by atoms with Crippen LogP contribution in [-0.4, -0.2) is 23.8 Å². The number of esters is 1. The molecular formula is C14H13BrN2O4. The third kappa shape index (κ3) is 4.09. The van der Waals surface area contributed by atoms with Gasteiger partial charge in [-0.3, -0.25) is 0 Å². The van der Waals surface area contributed by atoms with Crippen molar-refractivity contribution in [3.63, 3.8) is 0 Å². The third-order valence-corrected chi connectivity index (χ3v) is 3.04. The number of hydrogen-bond donors (Lipinski definition) is 1. The Labute approximate surface area is 129 Å². The Hall–Kier alpha value is -2.28. The molecule has 110 valence electrons. The standard InChI is InChI=1S/C14H13BrN2O4/c1-20-13(18)12-7-11(15)8-17(12)16-14(19)21-9-10-5-3-2-4-6-10/h2-8H,9H2,1H3,(H,16,19). The lowest BCUT2D eigenvalue weighted by Gasteiger charge is -2.10. The molecule has 0 aliphatic rings. The summed E-state index contributed by atoms with van der Waals surface area (Å²) in [6.45, 7) is 0.142. The van der Waals surface area contributed by atoms with Crippen molar-refractivity contribution in [3.05, 3.63) is 58.3 Å². The topological polar surface area (TPSA) is 69.6 Å². The van der Waals surface area contributed by atoms with E-state index in [1.165, 1.54) is 24.0 Å². The van der Waals surface area contributed by atoms with Gasteiger partial charge in [0.25, 0.3) is 0 Å². The summed E-state index contributed by atoms with van der Waals surface area (Å²) >= 11 is 3.23. The molecular weight excluding hydrogens is 340 g/mol. The maximum Gasteiger partial charge on any atom is 0.426 e. The van der Waals surface area contributed by atoms with Crippen molar-refractivity contribution in [2.24, 2.45) is 0 Å². The van der Waals surface area contributed by atoms with Crippen molar-refractivity contribution in [3.8, 4) is 0 Å². The van der Waals surface area contributed by atoms with Crippen molar-refractivity contribution in [2.75, 3.05) is 12.5 Å². The van der Waals surface area contributed by atoms with E-state index in [-0.39, 0.29) is 12.3 Å². The van der Waals surface area contributed by atoms with Crippen LogP contribution in [0.3, 0.4) is 0 Å². The number of nitrogens with one attached hydrogen (secondary N) is 1. The summed E-state index contributed by atoms with van der Waals surface area (Å²) in [5, 5.41) is 0. The molecule has 0 aliphatic carbocycles. The van der Waals surface area contributed by atoms with E-state index in [1.54, 1.807) is 0 Å². The van der Waals surface area contributed by atoms with Gasteiger partial charge in [0.2, 0.25) is 0 Å². The predicted octanol–water partition coefficient (Wildman–Crippen LogP) is 2.92. The first kappa shape index (κ1) is 15.1. The number of methoxy groups -OCH3 is 1. The molecule has 1 N–H and O–H groups in total. The van der Waals surface area contributed by atoms with E-state index < -0.39 is 12.1 Å². The maximum absolute atomic E-state index is 11.7. The van der Waals surface area contributed by atoms with E-state index >= 15 is 0 Å². The molecule has 0 bridgehead atoms. The second kappa shape index (κ2) is 6.94. The fourth-order valence-electron chi connectivity index (χ4n) is 1.64. The Morgan fingerprint density at radius 3 is 2.67 bits per heavy atom. The van der Waals surface area contributed by atoms with Gasteiger partial charge in [-0.25, -0.2) is 19.7 Å². The second-order valence-electron chi connectivity index (χ2n) is 4.08. The number of amides is 1. The summed E-state index contributed by atoms with van der Waals surface area (Å²) in [6, 6.07) is 10.8. The van der Waals surface area contributed by atoms with E-state index in [0.717, 1.165) is 5.56 Å². The summed E-state index contributed by atoms with van der Waals surface area (Å²) in [5.41, 5.74) is 3.49. The Bertz CT molecular complexity index is 640. The normalized spacial score (nSPS) is 10.0. The van der Waals surface area contributed by atoms with Crippen LogP contribution in [0.1, 0.15) is 16.1 Å². The smallest absolute Gasteiger partial charge is 0.426 e. The molecule has 1 amide bonds. The molecule has 0 saturated heterocycles. The number of ether oxygens (including phenoxy) is 2. The minimum atomic E-state index is -0.674. The highest BCUT2D eigenvalue weighted by Gasteiger charge is 2.15. The van der Waals surface area contributed by atoms with E-state index in [0.29, 0.717) is 4.47 Å². The van der Waals surface area contributed by atoms with E-state index in [1.807, 2.05) is 30.3 Å². The molecule has 2 aromatic rings. The monoisotopic (exact) mass is 352 g/mol. The fourth-order valence-corrected chi connectivity index (χ4v) is 2.06. The van der Waals surface area contributed by atoms with Crippen LogP contribution in [0.2, 0.25) is 0 Å². The molecule has 0 saturated carbocycles. The summed E-state index contributed by atoms with van der Waals surface area (Å²) < 4.78 is 11.6. The molecule has 0 spiro atoms. The number of hydrogen-bond acceptors (Lipinski definition) is 4. The minimum Gasteiger partial charge on any atom is -0.464 e. The van der Waals surface area contributed by atoms with E-state index in [9.17, 15) is 9.59 Å². The zero-order chi connectivity index (χ0) is 15.2. The highest BCUT2D eigenvalue weighted by atomic mass is 79.9. The molecule has 21 heavy (non-hydrogen) atoms. The third-order valence-electron chi connectivity index (χ3n) is 2.61. The molecule has 7 heteroatoms. The first-order valence-electron chi connectivity index (χ1n) is 6.04. The van der Waals surface area contributed by atoms with Crippen molar-refractivity contribution in [1.82, 2.24) is 4.68 Å². The highest BCUT2D eigenvalue weighted by Crippen LogP contribution is 2.14. The van der Waals surface area contributed by atoms with Gasteiger partial charge in [-0.2, -0.15) is 0 Å². The molecule has 0 atom stereocenters. The van der Waals surface area contributed by atoms with E-state index in [2.05, 4.69) is 26.1 Å². The number of aromatic nitrogens is 1. The Kier molecular flexibility index (Phi) is 4.99. The molecule has 1 heterocycles. The van der Waals surface area contributed by atoms with Crippen LogP contribution in [0.15, 0.2) is 47.1 Å². The number of carbonyl (C=O) groups is 2. The number of rotatable bonds is 4. The summed E-state index contributed by atoms with van der Waals surface area (Å²) in [7, 11) is 1.27. The van der Waals surface area contributed by atoms with Crippen molar-refractivity contribution in [1.29, 1.82) is 0 Å². The second-order valence-corrected chi connectivity index (χ2v) is 4.99. The van der Waals surface area contributed by atoms with Crippen molar-refractivity contribution >= 4 is 28.0 Å². The highest BCUT2D eigenvalue weighted by molar-refractivity contribution is 9.10. The number of benzene rings is 1. The van der Waals surface area contributed by atoms with Crippen LogP contribution in [0.5, 0.6) is 0 Å². The zero-order valence-corrected chi connectivity index (χ0v) is 12.8. The van der Waals surface area contributed by atoms with Crippen LogP contribution in [0.4, 0.5) is 4.79 Å². The van der Waals surface area contributed by atoms with Crippen LogP contribution in [0, 0.1) is 0 Å². The number of halogens is 1. The summed E-state index contributed by atoms with van der Waals surface area (Å²) in [4.78, 5) is 23.3. The summed E-state index contributed by atoms with van der Waals surface area (Å²) in [5.74, 6) is -0.566. The molecule has 0 unspecified atom stereocenters. The average Bonchev–Trinajstić information content (AvgIpc) is 2.86. The van der Waals surface area contributed by atoms with Gasteiger partial charge in [0.15, 0.2) is 0 Å². The Morgan fingerprint density at radius 2 is 2.00 bits per heavy atom. The first-order chi connectivity index (χ1) is 10.1. The zero-order valence-electron chi connectivity index (χ0n) is 11.2. The van der Waals surface area contributed by atoms with Crippen LogP contribution < -0.4 is 5.43 Å². The van der Waals surface area contributed by atoms with Gasteiger partial charge in [0.05, 0.1) is 7.11 Å². The van der Waals surface area contributed by atoms with Crippen LogP contribution in [0.25, 0.3) is 0 Å². The largest absolute Gasteiger partial charge is 0.464 e. The van der Waals surface area contributed by atoms with Crippen LogP contribution in [-0.2, 0) is 16.1 Å². The minimum absolute atomic E-state index is 0.142. The molecule has 0 fully saturated rings. The lowest BCUT2D eigenvalue weighted by molar-refractivity contribution is 0.0590. The molecule has 0 radical (unpaired) electrons.